The molecule has 0 bridgehead atoms. The number of aromatic nitrogens is 2. The molecule has 2 N–H and O–H groups in total. The summed E-state index contributed by atoms with van der Waals surface area (Å²) in [5.74, 6) is 0.294. The summed E-state index contributed by atoms with van der Waals surface area (Å²) in [5.41, 5.74) is 2.02. The van der Waals surface area contributed by atoms with Gasteiger partial charge in [-0.2, -0.15) is 10.4 Å². The number of nitriles is 1. The Morgan fingerprint density at radius 1 is 1.44 bits per heavy atom. The molecule has 0 spiro atoms. The van der Waals surface area contributed by atoms with Crippen molar-refractivity contribution in [2.24, 2.45) is 0 Å². The van der Waals surface area contributed by atoms with E-state index in [2.05, 4.69) is 16.3 Å². The highest BCUT2D eigenvalue weighted by molar-refractivity contribution is 7.99. The number of aliphatic hydroxyl groups excluding tert-OH is 2. The molecule has 16 heavy (non-hydrogen) atoms. The van der Waals surface area contributed by atoms with Gasteiger partial charge in [0.15, 0.2) is 0 Å². The van der Waals surface area contributed by atoms with Crippen LogP contribution in [0.15, 0.2) is 5.03 Å². The second-order valence-corrected chi connectivity index (χ2v) is 4.36. The highest BCUT2D eigenvalue weighted by Crippen LogP contribution is 2.23. The van der Waals surface area contributed by atoms with Crippen LogP contribution in [0.2, 0.25) is 0 Å². The molecule has 0 amide bonds. The number of hydrogen-bond acceptors (Lipinski definition) is 6. The van der Waals surface area contributed by atoms with E-state index in [-0.39, 0.29) is 6.61 Å². The molecule has 0 aromatic carbocycles. The fraction of sp³-hybridized carbons (Fsp3) is 0.500. The minimum atomic E-state index is -0.806. The first kappa shape index (κ1) is 12.9. The maximum Gasteiger partial charge on any atom is 0.137 e. The predicted octanol–water partition coefficient (Wildman–Crippen LogP) is 0.410. The van der Waals surface area contributed by atoms with Crippen molar-refractivity contribution in [3.8, 4) is 6.07 Å². The van der Waals surface area contributed by atoms with Gasteiger partial charge in [0.2, 0.25) is 0 Å². The van der Waals surface area contributed by atoms with E-state index < -0.39 is 6.10 Å². The van der Waals surface area contributed by atoms with Crippen LogP contribution in [0, 0.1) is 25.2 Å². The summed E-state index contributed by atoms with van der Waals surface area (Å²) < 4.78 is 0. The predicted molar refractivity (Wildman–Crippen MR) is 60.0 cm³/mol. The Labute approximate surface area is 98.1 Å². The molecular formula is C10H13N3O2S. The van der Waals surface area contributed by atoms with Gasteiger partial charge in [0.05, 0.1) is 24.0 Å². The Morgan fingerprint density at radius 2 is 2.12 bits per heavy atom. The van der Waals surface area contributed by atoms with E-state index >= 15 is 0 Å². The van der Waals surface area contributed by atoms with Gasteiger partial charge in [-0.3, -0.25) is 0 Å². The van der Waals surface area contributed by atoms with E-state index in [1.807, 2.05) is 6.92 Å². The number of rotatable bonds is 4. The van der Waals surface area contributed by atoms with Gasteiger partial charge in [-0.05, 0) is 19.4 Å². The van der Waals surface area contributed by atoms with E-state index in [1.165, 1.54) is 11.8 Å². The lowest BCUT2D eigenvalue weighted by molar-refractivity contribution is 0.113. The van der Waals surface area contributed by atoms with E-state index in [0.29, 0.717) is 16.3 Å². The molecule has 5 nitrogen and oxygen atoms in total. The first-order valence-corrected chi connectivity index (χ1v) is 5.74. The van der Waals surface area contributed by atoms with Gasteiger partial charge >= 0.3 is 0 Å². The summed E-state index contributed by atoms with van der Waals surface area (Å²) in [6.45, 7) is 3.31. The summed E-state index contributed by atoms with van der Waals surface area (Å²) in [6.07, 6.45) is -0.806. The zero-order valence-corrected chi connectivity index (χ0v) is 9.95. The topological polar surface area (TPSA) is 90.0 Å². The minimum absolute atomic E-state index is 0.294. The molecule has 0 saturated heterocycles. The standard InChI is InChI=1S/C10H13N3O2S/c1-6-7(2)12-13-10(9(6)3-11)16-5-8(15)4-14/h8,14-15H,4-5H2,1-2H3. The van der Waals surface area contributed by atoms with E-state index in [9.17, 15) is 5.11 Å². The van der Waals surface area contributed by atoms with Gasteiger partial charge in [0, 0.05) is 5.75 Å². The van der Waals surface area contributed by atoms with Crippen molar-refractivity contribution in [3.63, 3.8) is 0 Å². The number of thioether (sulfide) groups is 1. The zero-order chi connectivity index (χ0) is 12.1. The summed E-state index contributed by atoms with van der Waals surface area (Å²) in [4.78, 5) is 0. The number of hydrogen-bond donors (Lipinski definition) is 2. The lowest BCUT2D eigenvalue weighted by atomic mass is 10.1. The zero-order valence-electron chi connectivity index (χ0n) is 9.14. The van der Waals surface area contributed by atoms with Crippen LogP contribution in [0.1, 0.15) is 16.8 Å². The summed E-state index contributed by atoms with van der Waals surface area (Å²) >= 11 is 1.22. The van der Waals surface area contributed by atoms with Crippen molar-refractivity contribution < 1.29 is 10.2 Å². The molecule has 86 valence electrons. The van der Waals surface area contributed by atoms with E-state index in [4.69, 9.17) is 10.4 Å². The van der Waals surface area contributed by atoms with Crippen molar-refractivity contribution in [2.75, 3.05) is 12.4 Å². The van der Waals surface area contributed by atoms with Crippen LogP contribution in [0.5, 0.6) is 0 Å². The molecule has 1 rings (SSSR count). The SMILES string of the molecule is Cc1nnc(SCC(O)CO)c(C#N)c1C. The maximum atomic E-state index is 9.20. The van der Waals surface area contributed by atoms with Gasteiger partial charge in [-0.15, -0.1) is 16.9 Å². The molecule has 1 aromatic rings. The molecule has 6 heteroatoms. The quantitative estimate of drug-likeness (QED) is 0.740. The highest BCUT2D eigenvalue weighted by atomic mass is 32.2. The Morgan fingerprint density at radius 3 is 2.69 bits per heavy atom. The summed E-state index contributed by atoms with van der Waals surface area (Å²) in [7, 11) is 0. The van der Waals surface area contributed by atoms with Crippen LogP contribution in [-0.2, 0) is 0 Å². The van der Waals surface area contributed by atoms with Crippen molar-refractivity contribution in [1.29, 1.82) is 5.26 Å². The van der Waals surface area contributed by atoms with E-state index in [0.717, 1.165) is 11.3 Å². The van der Waals surface area contributed by atoms with Crippen molar-refractivity contribution in [2.45, 2.75) is 25.0 Å². The molecule has 0 aliphatic rings. The van der Waals surface area contributed by atoms with Crippen LogP contribution in [0.25, 0.3) is 0 Å². The van der Waals surface area contributed by atoms with Crippen molar-refractivity contribution >= 4 is 11.8 Å². The molecule has 0 aliphatic heterocycles. The fourth-order valence-corrected chi connectivity index (χ4v) is 1.94. The largest absolute Gasteiger partial charge is 0.394 e. The second-order valence-electron chi connectivity index (χ2n) is 3.35. The van der Waals surface area contributed by atoms with Crippen LogP contribution >= 0.6 is 11.8 Å². The lowest BCUT2D eigenvalue weighted by Crippen LogP contribution is -2.15. The van der Waals surface area contributed by atoms with Gasteiger partial charge < -0.3 is 10.2 Å². The number of nitrogens with zero attached hydrogens (tertiary/aromatic N) is 3. The molecular weight excluding hydrogens is 226 g/mol. The normalized spacial score (nSPS) is 12.2. The molecule has 0 saturated carbocycles. The van der Waals surface area contributed by atoms with Gasteiger partial charge in [0.25, 0.3) is 0 Å². The van der Waals surface area contributed by atoms with Gasteiger partial charge in [-0.1, -0.05) is 0 Å². The van der Waals surface area contributed by atoms with Crippen LogP contribution < -0.4 is 0 Å². The Balaban J connectivity index is 2.89. The minimum Gasteiger partial charge on any atom is -0.394 e. The average Bonchev–Trinajstić information content (AvgIpc) is 2.30. The third-order valence-electron chi connectivity index (χ3n) is 2.16. The molecule has 0 radical (unpaired) electrons. The smallest absolute Gasteiger partial charge is 0.137 e. The first-order valence-electron chi connectivity index (χ1n) is 4.75. The van der Waals surface area contributed by atoms with Gasteiger partial charge in [-0.25, -0.2) is 0 Å². The van der Waals surface area contributed by atoms with Crippen LogP contribution in [0.3, 0.4) is 0 Å². The fourth-order valence-electron chi connectivity index (χ4n) is 1.05. The average molecular weight is 239 g/mol. The molecule has 1 aromatic heterocycles. The molecule has 0 fully saturated rings. The number of aliphatic hydroxyl groups is 2. The number of aryl methyl sites for hydroxylation is 1. The Hall–Kier alpha value is -1.16. The van der Waals surface area contributed by atoms with Crippen molar-refractivity contribution in [3.05, 3.63) is 16.8 Å². The Bertz CT molecular complexity index is 417. The molecule has 1 unspecified atom stereocenters. The highest BCUT2D eigenvalue weighted by Gasteiger charge is 2.12. The van der Waals surface area contributed by atoms with Gasteiger partial charge in [0.1, 0.15) is 11.1 Å². The molecule has 0 aliphatic carbocycles. The van der Waals surface area contributed by atoms with E-state index in [1.54, 1.807) is 6.92 Å². The monoisotopic (exact) mass is 239 g/mol. The summed E-state index contributed by atoms with van der Waals surface area (Å²) in [5, 5.41) is 35.2. The molecule has 1 atom stereocenters. The van der Waals surface area contributed by atoms with Crippen molar-refractivity contribution in [1.82, 2.24) is 10.2 Å². The second kappa shape index (κ2) is 5.80. The lowest BCUT2D eigenvalue weighted by Gasteiger charge is -2.08. The third kappa shape index (κ3) is 2.92. The Kier molecular flexibility index (Phi) is 4.68. The maximum absolute atomic E-state index is 9.20. The van der Waals surface area contributed by atoms with Crippen LogP contribution in [-0.4, -0.2) is 38.9 Å². The van der Waals surface area contributed by atoms with Crippen LogP contribution in [0.4, 0.5) is 0 Å². The first-order chi connectivity index (χ1) is 7.60. The summed E-state index contributed by atoms with van der Waals surface area (Å²) in [6, 6.07) is 2.08. The third-order valence-corrected chi connectivity index (χ3v) is 3.27. The molecule has 1 heterocycles.